The Morgan fingerprint density at radius 2 is 2.00 bits per heavy atom. The minimum absolute atomic E-state index is 0.196. The topological polar surface area (TPSA) is 33.1 Å². The molecule has 1 heterocycles. The standard InChI is InChI=1S/C19H25NOS/c1-5-6-12-19(3,4)13-11-16-14(2)22-18(20-16)15-9-7-8-10-17(15)21/h7-11,13,21H,5-6,12H2,1-4H3. The summed E-state index contributed by atoms with van der Waals surface area (Å²) >= 11 is 1.63. The molecule has 118 valence electrons. The van der Waals surface area contributed by atoms with Crippen molar-refractivity contribution in [2.45, 2.75) is 47.0 Å². The first-order chi connectivity index (χ1) is 10.4. The van der Waals surface area contributed by atoms with Crippen molar-refractivity contribution in [1.29, 1.82) is 0 Å². The van der Waals surface area contributed by atoms with Gasteiger partial charge in [-0.05, 0) is 37.0 Å². The fourth-order valence-electron chi connectivity index (χ4n) is 2.35. The number of rotatable bonds is 6. The lowest BCUT2D eigenvalue weighted by molar-refractivity contribution is 0.421. The summed E-state index contributed by atoms with van der Waals surface area (Å²) in [7, 11) is 0. The first-order valence-corrected chi connectivity index (χ1v) is 8.69. The fourth-order valence-corrected chi connectivity index (χ4v) is 3.29. The first-order valence-electron chi connectivity index (χ1n) is 7.88. The number of allylic oxidation sites excluding steroid dienone is 1. The van der Waals surface area contributed by atoms with Crippen molar-refractivity contribution >= 4 is 17.4 Å². The maximum Gasteiger partial charge on any atom is 0.128 e. The summed E-state index contributed by atoms with van der Waals surface area (Å²) in [5, 5.41) is 10.8. The number of thiazole rings is 1. The van der Waals surface area contributed by atoms with E-state index in [1.54, 1.807) is 17.4 Å². The number of nitrogens with zero attached hydrogens (tertiary/aromatic N) is 1. The lowest BCUT2D eigenvalue weighted by Gasteiger charge is -2.19. The summed E-state index contributed by atoms with van der Waals surface area (Å²) in [4.78, 5) is 5.88. The van der Waals surface area contributed by atoms with Crippen LogP contribution in [0.25, 0.3) is 16.6 Å². The number of unbranched alkanes of at least 4 members (excludes halogenated alkanes) is 1. The molecule has 0 aliphatic rings. The third kappa shape index (κ3) is 4.20. The Labute approximate surface area is 137 Å². The molecule has 0 saturated heterocycles. The number of aromatic nitrogens is 1. The Morgan fingerprint density at radius 3 is 2.68 bits per heavy atom. The van der Waals surface area contributed by atoms with Crippen LogP contribution in [0.4, 0.5) is 0 Å². The van der Waals surface area contributed by atoms with Gasteiger partial charge in [-0.25, -0.2) is 4.98 Å². The maximum atomic E-state index is 9.97. The molecule has 0 bridgehead atoms. The Kier molecular flexibility index (Phi) is 5.41. The molecule has 0 aliphatic carbocycles. The number of phenols is 1. The highest BCUT2D eigenvalue weighted by Gasteiger charge is 2.14. The van der Waals surface area contributed by atoms with Crippen molar-refractivity contribution in [3.63, 3.8) is 0 Å². The van der Waals surface area contributed by atoms with E-state index < -0.39 is 0 Å². The summed E-state index contributed by atoms with van der Waals surface area (Å²) in [5.41, 5.74) is 2.01. The lowest BCUT2D eigenvalue weighted by Crippen LogP contribution is -2.06. The van der Waals surface area contributed by atoms with Gasteiger partial charge in [-0.1, -0.05) is 51.8 Å². The van der Waals surface area contributed by atoms with Gasteiger partial charge in [0.2, 0.25) is 0 Å². The third-order valence-electron chi connectivity index (χ3n) is 3.83. The van der Waals surface area contributed by atoms with Crippen LogP contribution in [-0.2, 0) is 0 Å². The zero-order valence-corrected chi connectivity index (χ0v) is 14.7. The molecule has 2 nitrogen and oxygen atoms in total. The predicted octanol–water partition coefficient (Wildman–Crippen LogP) is 6.05. The van der Waals surface area contributed by atoms with Crippen molar-refractivity contribution in [1.82, 2.24) is 4.98 Å². The fraction of sp³-hybridized carbons (Fsp3) is 0.421. The number of hydrogen-bond donors (Lipinski definition) is 1. The summed E-state index contributed by atoms with van der Waals surface area (Å²) < 4.78 is 0. The van der Waals surface area contributed by atoms with E-state index in [0.717, 1.165) is 16.3 Å². The van der Waals surface area contributed by atoms with Crippen LogP contribution in [0, 0.1) is 12.3 Å². The summed E-state index contributed by atoms with van der Waals surface area (Å²) in [6, 6.07) is 7.37. The first kappa shape index (κ1) is 16.8. The van der Waals surface area contributed by atoms with Crippen molar-refractivity contribution < 1.29 is 5.11 Å². The molecule has 1 N–H and O–H groups in total. The molecule has 3 heteroatoms. The van der Waals surface area contributed by atoms with Gasteiger partial charge in [0.05, 0.1) is 11.3 Å². The summed E-state index contributed by atoms with van der Waals surface area (Å²) in [6.45, 7) is 8.85. The van der Waals surface area contributed by atoms with Crippen LogP contribution >= 0.6 is 11.3 Å². The smallest absolute Gasteiger partial charge is 0.128 e. The number of aromatic hydroxyl groups is 1. The van der Waals surface area contributed by atoms with Gasteiger partial charge in [0.25, 0.3) is 0 Å². The van der Waals surface area contributed by atoms with Gasteiger partial charge >= 0.3 is 0 Å². The van der Waals surface area contributed by atoms with Crippen molar-refractivity contribution in [2.24, 2.45) is 5.41 Å². The third-order valence-corrected chi connectivity index (χ3v) is 4.85. The lowest BCUT2D eigenvalue weighted by atomic mass is 9.87. The summed E-state index contributed by atoms with van der Waals surface area (Å²) in [5.74, 6) is 0.287. The molecule has 0 saturated carbocycles. The Hall–Kier alpha value is -1.61. The second-order valence-electron chi connectivity index (χ2n) is 6.40. The minimum Gasteiger partial charge on any atom is -0.507 e. The predicted molar refractivity (Wildman–Crippen MR) is 96.3 cm³/mol. The van der Waals surface area contributed by atoms with Crippen LogP contribution in [0.2, 0.25) is 0 Å². The van der Waals surface area contributed by atoms with Crippen LogP contribution in [0.15, 0.2) is 30.3 Å². The van der Waals surface area contributed by atoms with Crippen LogP contribution in [-0.4, -0.2) is 10.1 Å². The number of phenolic OH excluding ortho intramolecular Hbond substituents is 1. The van der Waals surface area contributed by atoms with E-state index in [0.29, 0.717) is 0 Å². The van der Waals surface area contributed by atoms with Crippen LogP contribution in [0.3, 0.4) is 0 Å². The zero-order chi connectivity index (χ0) is 16.2. The van der Waals surface area contributed by atoms with Gasteiger partial charge in [0.1, 0.15) is 10.8 Å². The molecular weight excluding hydrogens is 290 g/mol. The number of aryl methyl sites for hydroxylation is 1. The van der Waals surface area contributed by atoms with Gasteiger partial charge in [0, 0.05) is 4.88 Å². The average molecular weight is 315 g/mol. The molecular formula is C19H25NOS. The van der Waals surface area contributed by atoms with Gasteiger partial charge < -0.3 is 5.11 Å². The van der Waals surface area contributed by atoms with E-state index in [1.807, 2.05) is 18.2 Å². The molecule has 0 radical (unpaired) electrons. The van der Waals surface area contributed by atoms with Gasteiger partial charge in [0.15, 0.2) is 0 Å². The maximum absolute atomic E-state index is 9.97. The van der Waals surface area contributed by atoms with E-state index in [-0.39, 0.29) is 11.2 Å². The van der Waals surface area contributed by atoms with Crippen molar-refractivity contribution in [2.75, 3.05) is 0 Å². The molecule has 0 aliphatic heterocycles. The molecule has 1 aromatic carbocycles. The van der Waals surface area contributed by atoms with Gasteiger partial charge in [-0.15, -0.1) is 11.3 Å². The normalized spacial score (nSPS) is 12.2. The van der Waals surface area contributed by atoms with E-state index >= 15 is 0 Å². The van der Waals surface area contributed by atoms with Gasteiger partial charge in [-0.3, -0.25) is 0 Å². The van der Waals surface area contributed by atoms with E-state index in [4.69, 9.17) is 4.98 Å². The zero-order valence-electron chi connectivity index (χ0n) is 13.9. The summed E-state index contributed by atoms with van der Waals surface area (Å²) in [6.07, 6.45) is 8.06. The van der Waals surface area contributed by atoms with Crippen LogP contribution < -0.4 is 0 Å². The SMILES string of the molecule is CCCCC(C)(C)C=Cc1nc(-c2ccccc2O)sc1C. The molecule has 0 amide bonds. The van der Waals surface area contributed by atoms with E-state index in [2.05, 4.69) is 39.8 Å². The van der Waals surface area contributed by atoms with Gasteiger partial charge in [-0.2, -0.15) is 0 Å². The van der Waals surface area contributed by atoms with Crippen LogP contribution in [0.1, 0.15) is 50.6 Å². The monoisotopic (exact) mass is 315 g/mol. The molecule has 0 fully saturated rings. The molecule has 0 unspecified atom stereocenters. The minimum atomic E-state index is 0.196. The van der Waals surface area contributed by atoms with Crippen molar-refractivity contribution in [3.8, 4) is 16.3 Å². The Bertz CT molecular complexity index is 655. The van der Waals surface area contributed by atoms with E-state index in [9.17, 15) is 5.11 Å². The van der Waals surface area contributed by atoms with Crippen molar-refractivity contribution in [3.05, 3.63) is 40.9 Å². The molecule has 2 rings (SSSR count). The number of hydrogen-bond acceptors (Lipinski definition) is 3. The van der Waals surface area contributed by atoms with E-state index in [1.165, 1.54) is 24.1 Å². The number of benzene rings is 1. The average Bonchev–Trinajstić information content (AvgIpc) is 2.85. The molecule has 22 heavy (non-hydrogen) atoms. The molecule has 2 aromatic rings. The highest BCUT2D eigenvalue weighted by Crippen LogP contribution is 2.34. The number of para-hydroxylation sites is 1. The molecule has 0 atom stereocenters. The largest absolute Gasteiger partial charge is 0.507 e. The highest BCUT2D eigenvalue weighted by atomic mass is 32.1. The second kappa shape index (κ2) is 7.10. The quantitative estimate of drug-likeness (QED) is 0.703. The molecule has 1 aromatic heterocycles. The molecule has 0 spiro atoms. The second-order valence-corrected chi connectivity index (χ2v) is 7.61. The Balaban J connectivity index is 2.22. The van der Waals surface area contributed by atoms with Crippen LogP contribution in [0.5, 0.6) is 5.75 Å². The highest BCUT2D eigenvalue weighted by molar-refractivity contribution is 7.15. The Morgan fingerprint density at radius 1 is 1.27 bits per heavy atom.